The molecule has 0 fully saturated rings. The molecule has 5 nitrogen and oxygen atoms in total. The van der Waals surface area contributed by atoms with Gasteiger partial charge in [0.15, 0.2) is 0 Å². The molecule has 0 unspecified atom stereocenters. The van der Waals surface area contributed by atoms with Crippen LogP contribution in [0.25, 0.3) is 5.57 Å². The number of methoxy groups -OCH3 is 1. The second-order valence-electron chi connectivity index (χ2n) is 7.98. The van der Waals surface area contributed by atoms with Gasteiger partial charge in [-0.3, -0.25) is 4.98 Å². The molecule has 2 atom stereocenters. The molecule has 0 aliphatic heterocycles. The lowest BCUT2D eigenvalue weighted by Crippen LogP contribution is -2.34. The molecule has 0 bridgehead atoms. The molecule has 1 heterocycles. The van der Waals surface area contributed by atoms with E-state index in [9.17, 15) is 4.79 Å². The van der Waals surface area contributed by atoms with Crippen LogP contribution in [0.3, 0.4) is 0 Å². The first-order valence-corrected chi connectivity index (χ1v) is 11.3. The molecule has 3 aromatic rings. The molecule has 33 heavy (non-hydrogen) atoms. The zero-order valence-corrected chi connectivity index (χ0v) is 19.6. The Morgan fingerprint density at radius 2 is 1.97 bits per heavy atom. The Morgan fingerprint density at radius 1 is 1.12 bits per heavy atom. The van der Waals surface area contributed by atoms with E-state index in [-0.39, 0.29) is 12.0 Å². The molecule has 1 aromatic heterocycles. The number of hydrogen-bond donors (Lipinski definition) is 1. The first kappa shape index (κ1) is 23.3. The van der Waals surface area contributed by atoms with E-state index in [1.807, 2.05) is 36.5 Å². The average Bonchev–Trinajstić information content (AvgIpc) is 2.83. The lowest BCUT2D eigenvalue weighted by molar-refractivity contribution is 0.0600. The van der Waals surface area contributed by atoms with E-state index in [4.69, 9.17) is 38.4 Å². The zero-order valence-electron chi connectivity index (χ0n) is 18.1. The molecule has 1 aliphatic carbocycles. The normalized spacial score (nSPS) is 18.2. The van der Waals surface area contributed by atoms with Crippen LogP contribution in [0.2, 0.25) is 10.0 Å². The summed E-state index contributed by atoms with van der Waals surface area (Å²) >= 11 is 12.6. The summed E-state index contributed by atoms with van der Waals surface area (Å²) in [6.45, 7) is 0.351. The van der Waals surface area contributed by atoms with Crippen LogP contribution >= 0.6 is 23.2 Å². The maximum absolute atomic E-state index is 11.8. The number of hydrogen-bond acceptors (Lipinski definition) is 5. The molecule has 0 saturated heterocycles. The van der Waals surface area contributed by atoms with Crippen molar-refractivity contribution in [2.45, 2.75) is 24.8 Å². The number of rotatable bonds is 6. The van der Waals surface area contributed by atoms with Crippen molar-refractivity contribution in [1.29, 1.82) is 0 Å². The summed E-state index contributed by atoms with van der Waals surface area (Å²) in [5, 5.41) is 1.22. The first-order valence-electron chi connectivity index (χ1n) is 10.6. The lowest BCUT2D eigenvalue weighted by atomic mass is 9.75. The summed E-state index contributed by atoms with van der Waals surface area (Å²) in [5.41, 5.74) is 11.3. The fourth-order valence-corrected chi connectivity index (χ4v) is 4.77. The molecule has 0 amide bonds. The third-order valence-corrected chi connectivity index (χ3v) is 6.45. The monoisotopic (exact) mass is 482 g/mol. The first-order chi connectivity index (χ1) is 16.0. The van der Waals surface area contributed by atoms with Crippen LogP contribution in [-0.2, 0) is 4.74 Å². The third kappa shape index (κ3) is 5.38. The van der Waals surface area contributed by atoms with E-state index in [1.54, 1.807) is 30.5 Å². The molecule has 0 spiro atoms. The summed E-state index contributed by atoms with van der Waals surface area (Å²) in [5.74, 6) is 0.224. The number of allylic oxidation sites excluding steroid dienone is 1. The van der Waals surface area contributed by atoms with Gasteiger partial charge in [-0.2, -0.15) is 0 Å². The van der Waals surface area contributed by atoms with Gasteiger partial charge in [-0.1, -0.05) is 41.4 Å². The number of carbonyl (C=O) groups excluding carboxylic acids is 1. The van der Waals surface area contributed by atoms with Gasteiger partial charge < -0.3 is 15.2 Å². The maximum Gasteiger partial charge on any atom is 0.337 e. The maximum atomic E-state index is 11.8. The number of carbonyl (C=O) groups is 1. The van der Waals surface area contributed by atoms with Crippen LogP contribution < -0.4 is 10.5 Å². The van der Waals surface area contributed by atoms with E-state index in [1.165, 1.54) is 7.11 Å². The van der Waals surface area contributed by atoms with Crippen molar-refractivity contribution in [3.63, 3.8) is 0 Å². The van der Waals surface area contributed by atoms with Gasteiger partial charge in [-0.25, -0.2) is 4.79 Å². The van der Waals surface area contributed by atoms with Crippen LogP contribution in [0.1, 0.15) is 40.2 Å². The van der Waals surface area contributed by atoms with Crippen molar-refractivity contribution in [3.05, 3.63) is 99.3 Å². The molecule has 2 aromatic carbocycles. The van der Waals surface area contributed by atoms with Gasteiger partial charge in [0.05, 0.1) is 12.7 Å². The molecule has 0 radical (unpaired) electrons. The molecule has 170 valence electrons. The van der Waals surface area contributed by atoms with E-state index >= 15 is 0 Å². The predicted octanol–water partition coefficient (Wildman–Crippen LogP) is 5.91. The van der Waals surface area contributed by atoms with Gasteiger partial charge in [-0.05, 0) is 71.5 Å². The van der Waals surface area contributed by atoms with Gasteiger partial charge >= 0.3 is 5.97 Å². The Balaban J connectivity index is 1.64. The number of aromatic nitrogens is 1. The highest BCUT2D eigenvalue weighted by atomic mass is 35.5. The molecule has 4 rings (SSSR count). The molecule has 2 N–H and O–H groups in total. The van der Waals surface area contributed by atoms with Crippen molar-refractivity contribution in [2.75, 3.05) is 13.7 Å². The predicted molar refractivity (Wildman–Crippen MR) is 131 cm³/mol. The van der Waals surface area contributed by atoms with Crippen molar-refractivity contribution < 1.29 is 14.3 Å². The topological polar surface area (TPSA) is 74.4 Å². The number of nitrogens with zero attached hydrogens (tertiary/aromatic N) is 1. The van der Waals surface area contributed by atoms with Gasteiger partial charge in [0.1, 0.15) is 12.4 Å². The molecule has 1 aliphatic rings. The van der Waals surface area contributed by atoms with Gasteiger partial charge in [0.2, 0.25) is 0 Å². The number of pyridine rings is 1. The fraction of sp³-hybridized carbons (Fsp3) is 0.231. The lowest BCUT2D eigenvalue weighted by Gasteiger charge is -2.33. The van der Waals surface area contributed by atoms with Crippen LogP contribution in [0.5, 0.6) is 5.75 Å². The van der Waals surface area contributed by atoms with Crippen molar-refractivity contribution in [2.24, 2.45) is 5.73 Å². The minimum Gasteiger partial charge on any atom is -0.489 e. The van der Waals surface area contributed by atoms with Crippen molar-refractivity contribution >= 4 is 34.7 Å². The second kappa shape index (κ2) is 10.4. The van der Waals surface area contributed by atoms with Crippen LogP contribution in [0.15, 0.2) is 72.6 Å². The van der Waals surface area contributed by atoms with Crippen LogP contribution in [0, 0.1) is 0 Å². The quantitative estimate of drug-likeness (QED) is 0.441. The Bertz CT molecular complexity index is 1180. The summed E-state index contributed by atoms with van der Waals surface area (Å²) in [4.78, 5) is 16.1. The summed E-state index contributed by atoms with van der Waals surface area (Å²) in [6.07, 6.45) is 4.95. The van der Waals surface area contributed by atoms with Crippen LogP contribution in [0.4, 0.5) is 0 Å². The largest absolute Gasteiger partial charge is 0.489 e. The number of esters is 1. The summed E-state index contributed by atoms with van der Waals surface area (Å²) < 4.78 is 10.9. The standard InChI is InChI=1S/C26H24Cl2N2O3/c1-32-26(31)16-4-2-6-20(10-16)33-15-18-11-25(29)23(21-8-7-19(27)12-24(21)28)13-22(18)17-5-3-9-30-14-17/h2-10,12,14,23,25H,11,13,15,29H2,1H3/t23-,25+/m1/s1. The number of benzene rings is 2. The molecule has 7 heteroatoms. The number of nitrogens with two attached hydrogens (primary N) is 1. The molecule has 0 saturated carbocycles. The fourth-order valence-electron chi connectivity index (χ4n) is 4.22. The number of halogens is 2. The Morgan fingerprint density at radius 3 is 2.70 bits per heavy atom. The highest BCUT2D eigenvalue weighted by Gasteiger charge is 2.31. The highest BCUT2D eigenvalue weighted by molar-refractivity contribution is 6.35. The second-order valence-corrected chi connectivity index (χ2v) is 8.82. The Kier molecular flexibility index (Phi) is 7.33. The van der Waals surface area contributed by atoms with Gasteiger partial charge in [-0.15, -0.1) is 0 Å². The zero-order chi connectivity index (χ0) is 23.4. The summed E-state index contributed by atoms with van der Waals surface area (Å²) in [7, 11) is 1.35. The minimum absolute atomic E-state index is 0.0383. The van der Waals surface area contributed by atoms with E-state index in [2.05, 4.69) is 4.98 Å². The van der Waals surface area contributed by atoms with Gasteiger partial charge in [0.25, 0.3) is 0 Å². The molecular formula is C26H24Cl2N2O3. The van der Waals surface area contributed by atoms with Crippen molar-refractivity contribution in [1.82, 2.24) is 4.98 Å². The smallest absolute Gasteiger partial charge is 0.337 e. The minimum atomic E-state index is -0.405. The Labute approximate surface area is 203 Å². The number of ether oxygens (including phenoxy) is 2. The van der Waals surface area contributed by atoms with Crippen molar-refractivity contribution in [3.8, 4) is 5.75 Å². The van der Waals surface area contributed by atoms with Gasteiger partial charge in [0, 0.05) is 34.4 Å². The SMILES string of the molecule is COC(=O)c1cccc(OCC2=C(c3cccnc3)C[C@H](c3ccc(Cl)cc3Cl)[C@@H](N)C2)c1. The highest BCUT2D eigenvalue weighted by Crippen LogP contribution is 2.42. The summed E-state index contributed by atoms with van der Waals surface area (Å²) in [6, 6.07) is 16.3. The Hall–Kier alpha value is -2.86. The van der Waals surface area contributed by atoms with E-state index in [0.717, 1.165) is 22.3 Å². The van der Waals surface area contributed by atoms with Crippen LogP contribution in [-0.4, -0.2) is 30.7 Å². The van der Waals surface area contributed by atoms with E-state index in [0.29, 0.717) is 40.8 Å². The third-order valence-electron chi connectivity index (χ3n) is 5.89. The van der Waals surface area contributed by atoms with E-state index < -0.39 is 5.97 Å². The average molecular weight is 483 g/mol. The molecular weight excluding hydrogens is 459 g/mol.